The molecule has 0 N–H and O–H groups in total. The van der Waals surface area contributed by atoms with E-state index in [0.29, 0.717) is 0 Å². The second-order valence-corrected chi connectivity index (χ2v) is 10.2. The van der Waals surface area contributed by atoms with Gasteiger partial charge in [-0.2, -0.15) is 0 Å². The monoisotopic (exact) mass is 446 g/mol. The van der Waals surface area contributed by atoms with Gasteiger partial charge in [-0.1, -0.05) is 77.1 Å². The van der Waals surface area contributed by atoms with Gasteiger partial charge in [0.05, 0.1) is 7.11 Å². The van der Waals surface area contributed by atoms with E-state index in [2.05, 4.69) is 68.9 Å². The first kappa shape index (κ1) is 27.0. The smallest absolute Gasteiger partial charge is 0.119 e. The summed E-state index contributed by atoms with van der Waals surface area (Å²) < 4.78 is 5.17. The number of hydrogen-bond acceptors (Lipinski definition) is 3. The number of rotatable bonds is 7. The minimum absolute atomic E-state index is 0.784. The molecule has 30 heavy (non-hydrogen) atoms. The van der Waals surface area contributed by atoms with Crippen molar-refractivity contribution in [3.05, 3.63) is 54.1 Å². The Kier molecular flexibility index (Phi) is 14.9. The highest BCUT2D eigenvalue weighted by molar-refractivity contribution is 8.00. The molecule has 0 amide bonds. The van der Waals surface area contributed by atoms with E-state index in [-0.39, 0.29) is 0 Å². The Morgan fingerprint density at radius 1 is 0.967 bits per heavy atom. The van der Waals surface area contributed by atoms with Crippen LogP contribution in [0.2, 0.25) is 0 Å². The van der Waals surface area contributed by atoms with E-state index in [4.69, 9.17) is 4.74 Å². The Morgan fingerprint density at radius 2 is 1.63 bits per heavy atom. The lowest BCUT2D eigenvalue weighted by Gasteiger charge is -2.20. The molecule has 0 aromatic heterocycles. The normalized spacial score (nSPS) is 14.6. The van der Waals surface area contributed by atoms with Crippen molar-refractivity contribution >= 4 is 23.5 Å². The van der Waals surface area contributed by atoms with Crippen LogP contribution in [0, 0.1) is 12.8 Å². The van der Waals surface area contributed by atoms with E-state index in [1.54, 1.807) is 7.11 Å². The Balaban J connectivity index is 0.000000277. The summed E-state index contributed by atoms with van der Waals surface area (Å²) in [6.07, 6.45) is 8.39. The molecule has 1 aliphatic carbocycles. The molecule has 1 atom stereocenters. The molecule has 0 saturated heterocycles. The lowest BCUT2D eigenvalue weighted by atomic mass is 10.0. The Morgan fingerprint density at radius 3 is 2.23 bits per heavy atom. The van der Waals surface area contributed by atoms with Crippen molar-refractivity contribution in [2.24, 2.45) is 5.92 Å². The molecule has 0 radical (unpaired) electrons. The molecule has 0 aliphatic heterocycles. The number of hydrogen-bond donors (Lipinski definition) is 0. The van der Waals surface area contributed by atoms with Crippen LogP contribution in [-0.4, -0.2) is 18.1 Å². The first-order valence-corrected chi connectivity index (χ1v) is 13.5. The summed E-state index contributed by atoms with van der Waals surface area (Å²) in [5.41, 5.74) is 1.36. The Labute approximate surface area is 194 Å². The van der Waals surface area contributed by atoms with E-state index in [1.807, 2.05) is 37.7 Å². The number of thioether (sulfide) groups is 2. The van der Waals surface area contributed by atoms with Gasteiger partial charge in [-0.15, -0.1) is 23.5 Å². The molecule has 1 fully saturated rings. The van der Waals surface area contributed by atoms with Crippen molar-refractivity contribution in [3.63, 3.8) is 0 Å². The molecule has 0 spiro atoms. The van der Waals surface area contributed by atoms with E-state index in [1.165, 1.54) is 59.6 Å². The summed E-state index contributed by atoms with van der Waals surface area (Å²) in [6.45, 7) is 10.7. The van der Waals surface area contributed by atoms with Gasteiger partial charge in [-0.3, -0.25) is 0 Å². The zero-order valence-electron chi connectivity index (χ0n) is 19.9. The van der Waals surface area contributed by atoms with Crippen molar-refractivity contribution in [2.75, 3.05) is 12.9 Å². The molecule has 1 saturated carbocycles. The van der Waals surface area contributed by atoms with Crippen LogP contribution in [-0.2, 0) is 0 Å². The molecule has 168 valence electrons. The van der Waals surface area contributed by atoms with Crippen LogP contribution in [0.5, 0.6) is 5.75 Å². The van der Waals surface area contributed by atoms with Gasteiger partial charge < -0.3 is 4.74 Å². The second-order valence-electron chi connectivity index (χ2n) is 7.69. The fraction of sp³-hybridized carbons (Fsp3) is 0.556. The molecule has 3 rings (SSSR count). The fourth-order valence-corrected chi connectivity index (χ4v) is 5.37. The summed E-state index contributed by atoms with van der Waals surface area (Å²) in [7, 11) is 1.71. The average molecular weight is 447 g/mol. The van der Waals surface area contributed by atoms with Crippen molar-refractivity contribution in [1.29, 1.82) is 0 Å². The molecule has 1 unspecified atom stereocenters. The van der Waals surface area contributed by atoms with Gasteiger partial charge in [0.2, 0.25) is 0 Å². The number of aryl methyl sites for hydroxylation is 1. The van der Waals surface area contributed by atoms with Crippen molar-refractivity contribution in [1.82, 2.24) is 0 Å². The van der Waals surface area contributed by atoms with Crippen LogP contribution in [0.25, 0.3) is 0 Å². The molecule has 2 aromatic rings. The predicted octanol–water partition coefficient (Wildman–Crippen LogP) is 9.28. The quantitative estimate of drug-likeness (QED) is 0.392. The van der Waals surface area contributed by atoms with Crippen molar-refractivity contribution < 1.29 is 4.74 Å². The highest BCUT2D eigenvalue weighted by Gasteiger charge is 2.14. The zero-order chi connectivity index (χ0) is 22.2. The lowest BCUT2D eigenvalue weighted by molar-refractivity contribution is 0.413. The maximum Gasteiger partial charge on any atom is 0.119 e. The lowest BCUT2D eigenvalue weighted by Crippen LogP contribution is -2.07. The van der Waals surface area contributed by atoms with E-state index < -0.39 is 0 Å². The summed E-state index contributed by atoms with van der Waals surface area (Å²) in [5, 5.41) is 0.881. The zero-order valence-corrected chi connectivity index (χ0v) is 21.6. The minimum Gasteiger partial charge on any atom is -0.497 e. The van der Waals surface area contributed by atoms with Crippen molar-refractivity contribution in [3.8, 4) is 5.75 Å². The van der Waals surface area contributed by atoms with Crippen LogP contribution in [0.4, 0.5) is 0 Å². The van der Waals surface area contributed by atoms with E-state index in [0.717, 1.165) is 16.9 Å². The third-order valence-corrected chi connectivity index (χ3v) is 7.82. The van der Waals surface area contributed by atoms with Crippen LogP contribution in [0.15, 0.2) is 58.3 Å². The van der Waals surface area contributed by atoms with E-state index >= 15 is 0 Å². The Hall–Kier alpha value is -1.06. The third-order valence-electron chi connectivity index (χ3n) is 5.15. The Bertz CT molecular complexity index is 663. The first-order chi connectivity index (χ1) is 14.6. The largest absolute Gasteiger partial charge is 0.497 e. The van der Waals surface area contributed by atoms with Gasteiger partial charge in [0.25, 0.3) is 0 Å². The maximum atomic E-state index is 5.17. The summed E-state index contributed by atoms with van der Waals surface area (Å²) >= 11 is 3.98. The molecule has 2 aromatic carbocycles. The van der Waals surface area contributed by atoms with E-state index in [9.17, 15) is 0 Å². The fourth-order valence-electron chi connectivity index (χ4n) is 3.04. The van der Waals surface area contributed by atoms with Crippen LogP contribution in [0.3, 0.4) is 0 Å². The molecular weight excluding hydrogens is 404 g/mol. The van der Waals surface area contributed by atoms with Crippen LogP contribution < -0.4 is 4.74 Å². The van der Waals surface area contributed by atoms with Gasteiger partial charge in [-0.25, -0.2) is 0 Å². The van der Waals surface area contributed by atoms with Gasteiger partial charge in [0, 0.05) is 20.8 Å². The summed E-state index contributed by atoms with van der Waals surface area (Å²) in [5.74, 6) is 2.91. The predicted molar refractivity (Wildman–Crippen MR) is 138 cm³/mol. The number of methoxy groups -OCH3 is 1. The van der Waals surface area contributed by atoms with Crippen molar-refractivity contribution in [2.45, 2.75) is 88.2 Å². The maximum absolute atomic E-state index is 5.17. The number of benzene rings is 2. The molecular formula is C27H42OS2. The van der Waals surface area contributed by atoms with Crippen LogP contribution >= 0.6 is 23.5 Å². The molecule has 3 heteroatoms. The SMILES string of the molecule is CC.CCC(C)CSc1cccc(OC)c1.Cc1ccc(SC2CCCCC2)cc1. The minimum atomic E-state index is 0.784. The van der Waals surface area contributed by atoms with Crippen LogP contribution in [0.1, 0.15) is 71.8 Å². The molecule has 1 aliphatic rings. The van der Waals surface area contributed by atoms with Gasteiger partial charge >= 0.3 is 0 Å². The average Bonchev–Trinajstić information content (AvgIpc) is 2.81. The van der Waals surface area contributed by atoms with Gasteiger partial charge in [0.1, 0.15) is 5.75 Å². The summed E-state index contributed by atoms with van der Waals surface area (Å²) in [4.78, 5) is 2.74. The van der Waals surface area contributed by atoms with Gasteiger partial charge in [-0.05, 0) is 56.0 Å². The molecule has 0 heterocycles. The molecule has 1 nitrogen and oxygen atoms in total. The summed E-state index contributed by atoms with van der Waals surface area (Å²) in [6, 6.07) is 17.2. The highest BCUT2D eigenvalue weighted by atomic mass is 32.2. The number of ether oxygens (including phenoxy) is 1. The third kappa shape index (κ3) is 11.4. The second kappa shape index (κ2) is 16.6. The standard InChI is InChI=1S/C13H18S.C12H18OS.C2H6/c1-11-7-9-13(10-8-11)14-12-5-3-2-4-6-12;1-4-10(2)9-14-12-7-5-6-11(8-12)13-3;1-2/h7-10,12H,2-6H2,1H3;5-8,10H,4,9H2,1-3H3;1-2H3. The van der Waals surface area contributed by atoms with Gasteiger partial charge in [0.15, 0.2) is 0 Å². The highest BCUT2D eigenvalue weighted by Crippen LogP contribution is 2.33. The molecule has 0 bridgehead atoms. The topological polar surface area (TPSA) is 9.23 Å². The first-order valence-electron chi connectivity index (χ1n) is 11.6.